The molecule has 1 fully saturated rings. The van der Waals surface area contributed by atoms with Crippen LogP contribution in [-0.2, 0) is 21.2 Å². The summed E-state index contributed by atoms with van der Waals surface area (Å²) < 4.78 is 25.1. The minimum absolute atomic E-state index is 0.0155. The number of nitrogens with zero attached hydrogens (tertiary/aromatic N) is 2. The zero-order valence-corrected chi connectivity index (χ0v) is 13.7. The van der Waals surface area contributed by atoms with E-state index in [2.05, 4.69) is 13.0 Å². The summed E-state index contributed by atoms with van der Waals surface area (Å²) in [6.45, 7) is 2.90. The fraction of sp³-hybridized carbons (Fsp3) is 0.562. The number of para-hydroxylation sites is 1. The molecule has 22 heavy (non-hydrogen) atoms. The highest BCUT2D eigenvalue weighted by Gasteiger charge is 2.31. The summed E-state index contributed by atoms with van der Waals surface area (Å²) in [5.74, 6) is 0.228. The largest absolute Gasteiger partial charge is 0.309 e. The third kappa shape index (κ3) is 2.90. The maximum Gasteiger partial charge on any atom is 0.228 e. The molecule has 6 heteroatoms. The number of fused-ring (bicyclic) bond motifs is 1. The number of amides is 1. The minimum atomic E-state index is -3.12. The molecule has 1 saturated heterocycles. The molecule has 0 bridgehead atoms. The summed E-state index contributed by atoms with van der Waals surface area (Å²) in [4.78, 5) is 14.5. The quantitative estimate of drug-likeness (QED) is 0.852. The van der Waals surface area contributed by atoms with E-state index < -0.39 is 10.0 Å². The van der Waals surface area contributed by atoms with Crippen molar-refractivity contribution in [2.45, 2.75) is 38.6 Å². The molecule has 5 nitrogen and oxygen atoms in total. The van der Waals surface area contributed by atoms with Crippen molar-refractivity contribution in [1.29, 1.82) is 0 Å². The molecular formula is C16H22N2O3S. The number of hydrogen-bond donors (Lipinski definition) is 0. The van der Waals surface area contributed by atoms with E-state index in [1.165, 1.54) is 9.87 Å². The van der Waals surface area contributed by atoms with E-state index >= 15 is 0 Å². The van der Waals surface area contributed by atoms with Crippen LogP contribution < -0.4 is 4.90 Å². The summed E-state index contributed by atoms with van der Waals surface area (Å²) in [7, 11) is -3.12. The number of carbonyl (C=O) groups is 1. The average Bonchev–Trinajstić information content (AvgIpc) is 2.83. The summed E-state index contributed by atoms with van der Waals surface area (Å²) >= 11 is 0. The van der Waals surface area contributed by atoms with Gasteiger partial charge in [-0.3, -0.25) is 4.79 Å². The van der Waals surface area contributed by atoms with E-state index in [-0.39, 0.29) is 24.1 Å². The number of benzene rings is 1. The molecule has 3 rings (SSSR count). The van der Waals surface area contributed by atoms with Crippen molar-refractivity contribution in [3.8, 4) is 0 Å². The van der Waals surface area contributed by atoms with Crippen LogP contribution in [0.3, 0.4) is 0 Å². The third-order valence-corrected chi connectivity index (χ3v) is 6.53. The van der Waals surface area contributed by atoms with Crippen molar-refractivity contribution in [3.63, 3.8) is 0 Å². The van der Waals surface area contributed by atoms with Gasteiger partial charge in [0.1, 0.15) is 0 Å². The highest BCUT2D eigenvalue weighted by molar-refractivity contribution is 7.89. The Morgan fingerprint density at radius 2 is 2.09 bits per heavy atom. The lowest BCUT2D eigenvalue weighted by Crippen LogP contribution is -2.43. The van der Waals surface area contributed by atoms with Crippen molar-refractivity contribution in [2.75, 3.05) is 23.7 Å². The van der Waals surface area contributed by atoms with Gasteiger partial charge in [-0.15, -0.1) is 0 Å². The normalized spacial score (nSPS) is 24.2. The minimum Gasteiger partial charge on any atom is -0.309 e. The molecule has 120 valence electrons. The van der Waals surface area contributed by atoms with Crippen molar-refractivity contribution >= 4 is 21.6 Å². The van der Waals surface area contributed by atoms with Crippen LogP contribution in [0.2, 0.25) is 0 Å². The Morgan fingerprint density at radius 1 is 1.32 bits per heavy atom. The molecule has 1 unspecified atom stereocenters. The van der Waals surface area contributed by atoms with Gasteiger partial charge in [-0.1, -0.05) is 18.2 Å². The second-order valence-electron chi connectivity index (χ2n) is 6.10. The molecule has 2 aliphatic rings. The number of carbonyl (C=O) groups excluding carboxylic acids is 1. The number of anilines is 1. The summed E-state index contributed by atoms with van der Waals surface area (Å²) in [5, 5.41) is 0. The standard InChI is InChI=1S/C16H22N2O3S/c1-13-7-8-14-5-2-3-6-15(14)18(13)16(19)9-11-17-10-4-12-22(17,20)21/h2-3,5-6,13H,4,7-12H2,1H3. The molecule has 0 spiro atoms. The van der Waals surface area contributed by atoms with Crippen LogP contribution in [0.25, 0.3) is 0 Å². The van der Waals surface area contributed by atoms with E-state index in [1.54, 1.807) is 0 Å². The van der Waals surface area contributed by atoms with Gasteiger partial charge < -0.3 is 4.90 Å². The van der Waals surface area contributed by atoms with Crippen molar-refractivity contribution < 1.29 is 13.2 Å². The Labute approximate surface area is 132 Å². The van der Waals surface area contributed by atoms with Gasteiger partial charge in [-0.05, 0) is 37.8 Å². The van der Waals surface area contributed by atoms with Crippen LogP contribution >= 0.6 is 0 Å². The zero-order chi connectivity index (χ0) is 15.7. The predicted molar refractivity (Wildman–Crippen MR) is 86.3 cm³/mol. The van der Waals surface area contributed by atoms with Gasteiger partial charge in [0.15, 0.2) is 0 Å². The molecule has 2 aliphatic heterocycles. The third-order valence-electron chi connectivity index (χ3n) is 4.57. The monoisotopic (exact) mass is 322 g/mol. The Bertz CT molecular complexity index is 672. The lowest BCUT2D eigenvalue weighted by Gasteiger charge is -2.35. The average molecular weight is 322 g/mol. The summed E-state index contributed by atoms with van der Waals surface area (Å²) in [6.07, 6.45) is 2.85. The Morgan fingerprint density at radius 3 is 2.82 bits per heavy atom. The van der Waals surface area contributed by atoms with Gasteiger partial charge >= 0.3 is 0 Å². The topological polar surface area (TPSA) is 57.7 Å². The van der Waals surface area contributed by atoms with Crippen molar-refractivity contribution in [1.82, 2.24) is 4.31 Å². The molecule has 0 radical (unpaired) electrons. The summed E-state index contributed by atoms with van der Waals surface area (Å²) in [6, 6.07) is 8.15. The smallest absolute Gasteiger partial charge is 0.228 e. The molecule has 1 amide bonds. The van der Waals surface area contributed by atoms with Crippen LogP contribution in [0.15, 0.2) is 24.3 Å². The molecule has 0 aliphatic carbocycles. The SMILES string of the molecule is CC1CCc2ccccc2N1C(=O)CCN1CCCS1(=O)=O. The van der Waals surface area contributed by atoms with E-state index in [0.29, 0.717) is 19.5 Å². The second kappa shape index (κ2) is 6.01. The highest BCUT2D eigenvalue weighted by Crippen LogP contribution is 2.31. The molecule has 1 atom stereocenters. The summed E-state index contributed by atoms with van der Waals surface area (Å²) in [5.41, 5.74) is 2.18. The van der Waals surface area contributed by atoms with Gasteiger partial charge in [0.25, 0.3) is 0 Å². The first kappa shape index (κ1) is 15.5. The predicted octanol–water partition coefficient (Wildman–Crippen LogP) is 1.78. The first-order chi connectivity index (χ1) is 10.5. The maximum atomic E-state index is 12.6. The molecule has 2 heterocycles. The van der Waals surface area contributed by atoms with Crippen molar-refractivity contribution in [2.24, 2.45) is 0 Å². The van der Waals surface area contributed by atoms with Gasteiger partial charge in [0, 0.05) is 31.2 Å². The lowest BCUT2D eigenvalue weighted by molar-refractivity contribution is -0.119. The Hall–Kier alpha value is -1.40. The van der Waals surface area contributed by atoms with Crippen LogP contribution in [0.5, 0.6) is 0 Å². The fourth-order valence-corrected chi connectivity index (χ4v) is 4.88. The molecule has 0 saturated carbocycles. The number of rotatable bonds is 3. The van der Waals surface area contributed by atoms with Crippen molar-refractivity contribution in [3.05, 3.63) is 29.8 Å². The number of sulfonamides is 1. The fourth-order valence-electron chi connectivity index (χ4n) is 3.35. The molecule has 1 aromatic carbocycles. The van der Waals surface area contributed by atoms with E-state index in [4.69, 9.17) is 0 Å². The first-order valence-electron chi connectivity index (χ1n) is 7.87. The van der Waals surface area contributed by atoms with Gasteiger partial charge in [0.05, 0.1) is 5.75 Å². The molecular weight excluding hydrogens is 300 g/mol. The first-order valence-corrected chi connectivity index (χ1v) is 9.48. The van der Waals surface area contributed by atoms with Gasteiger partial charge in [-0.2, -0.15) is 0 Å². The molecule has 0 aromatic heterocycles. The van der Waals surface area contributed by atoms with E-state index in [1.807, 2.05) is 23.1 Å². The van der Waals surface area contributed by atoms with E-state index in [0.717, 1.165) is 18.5 Å². The molecule has 1 aromatic rings. The molecule has 0 N–H and O–H groups in total. The highest BCUT2D eigenvalue weighted by atomic mass is 32.2. The lowest BCUT2D eigenvalue weighted by atomic mass is 9.96. The van der Waals surface area contributed by atoms with Crippen LogP contribution in [0, 0.1) is 0 Å². The van der Waals surface area contributed by atoms with Crippen LogP contribution in [-0.4, -0.2) is 43.5 Å². The van der Waals surface area contributed by atoms with Gasteiger partial charge in [0.2, 0.25) is 15.9 Å². The Kier molecular flexibility index (Phi) is 4.23. The second-order valence-corrected chi connectivity index (χ2v) is 8.19. The Balaban J connectivity index is 1.72. The van der Waals surface area contributed by atoms with Gasteiger partial charge in [-0.25, -0.2) is 12.7 Å². The maximum absolute atomic E-state index is 12.6. The van der Waals surface area contributed by atoms with Crippen LogP contribution in [0.4, 0.5) is 5.69 Å². The van der Waals surface area contributed by atoms with Crippen LogP contribution in [0.1, 0.15) is 31.7 Å². The number of aryl methyl sites for hydroxylation is 1. The zero-order valence-electron chi connectivity index (χ0n) is 12.9. The van der Waals surface area contributed by atoms with E-state index in [9.17, 15) is 13.2 Å². The number of hydrogen-bond acceptors (Lipinski definition) is 3.